The van der Waals surface area contributed by atoms with E-state index in [1.165, 1.54) is 42.5 Å². The van der Waals surface area contributed by atoms with Gasteiger partial charge >= 0.3 is 5.97 Å². The molecule has 1 aromatic heterocycles. The first-order chi connectivity index (χ1) is 20.9. The highest BCUT2D eigenvalue weighted by molar-refractivity contribution is 7.92. The number of sulfonamides is 1. The van der Waals surface area contributed by atoms with Crippen LogP contribution in [-0.4, -0.2) is 70.4 Å². The van der Waals surface area contributed by atoms with Crippen LogP contribution in [0.2, 0.25) is 5.02 Å². The Labute approximate surface area is 264 Å². The number of hydrogen-bond donors (Lipinski definition) is 1. The van der Waals surface area contributed by atoms with Crippen molar-refractivity contribution in [3.63, 3.8) is 0 Å². The molecular weight excluding hydrogens is 600 g/mol. The second-order valence-corrected chi connectivity index (χ2v) is 14.4. The average molecular weight is 639 g/mol. The SMILES string of the molecule is COC(=O)c1ccc(N2CCN(CC3=C(c4ccc(Cl)cc4)CC(C)(C)CC3)CC2)cc1Oc1ccc(NS(C)(=O)=O)nc1. The highest BCUT2D eigenvalue weighted by Gasteiger charge is 2.29. The van der Waals surface area contributed by atoms with Gasteiger partial charge in [0.15, 0.2) is 0 Å². The topological polar surface area (TPSA) is 101 Å². The molecule has 1 aliphatic carbocycles. The molecule has 2 aromatic carbocycles. The maximum Gasteiger partial charge on any atom is 0.341 e. The Hall–Kier alpha value is -3.60. The van der Waals surface area contributed by atoms with Crippen molar-refractivity contribution >= 4 is 44.7 Å². The molecule has 1 aliphatic heterocycles. The number of nitrogens with one attached hydrogen (secondary N) is 1. The van der Waals surface area contributed by atoms with E-state index >= 15 is 0 Å². The van der Waals surface area contributed by atoms with Crippen LogP contribution in [0.15, 0.2) is 66.4 Å². The van der Waals surface area contributed by atoms with Gasteiger partial charge in [0, 0.05) is 49.5 Å². The number of benzene rings is 2. The smallest absolute Gasteiger partial charge is 0.341 e. The normalized spacial score (nSPS) is 17.3. The number of nitrogens with zero attached hydrogens (tertiary/aromatic N) is 3. The fraction of sp³-hybridized carbons (Fsp3) is 0.394. The summed E-state index contributed by atoms with van der Waals surface area (Å²) in [6, 6.07) is 16.8. The molecule has 11 heteroatoms. The van der Waals surface area contributed by atoms with Crippen LogP contribution in [-0.2, 0) is 14.8 Å². The van der Waals surface area contributed by atoms with Gasteiger partial charge in [0.25, 0.3) is 0 Å². The lowest BCUT2D eigenvalue weighted by atomic mass is 9.72. The summed E-state index contributed by atoms with van der Waals surface area (Å²) in [5.41, 5.74) is 5.75. The van der Waals surface area contributed by atoms with E-state index in [1.54, 1.807) is 12.1 Å². The van der Waals surface area contributed by atoms with Crippen molar-refractivity contribution < 1.29 is 22.7 Å². The zero-order valence-corrected chi connectivity index (χ0v) is 27.2. The number of aromatic nitrogens is 1. The van der Waals surface area contributed by atoms with Crippen LogP contribution < -0.4 is 14.4 Å². The first kappa shape index (κ1) is 31.8. The van der Waals surface area contributed by atoms with Crippen molar-refractivity contribution in [3.8, 4) is 11.5 Å². The molecule has 2 heterocycles. The van der Waals surface area contributed by atoms with Crippen LogP contribution in [0.4, 0.5) is 11.5 Å². The lowest BCUT2D eigenvalue weighted by Gasteiger charge is -2.39. The van der Waals surface area contributed by atoms with E-state index in [1.807, 2.05) is 24.3 Å². The third-order valence-corrected chi connectivity index (χ3v) is 8.99. The van der Waals surface area contributed by atoms with Crippen LogP contribution in [0.3, 0.4) is 0 Å². The number of esters is 1. The Morgan fingerprint density at radius 3 is 2.41 bits per heavy atom. The molecule has 9 nitrogen and oxygen atoms in total. The Balaban J connectivity index is 1.29. The molecule has 0 amide bonds. The molecule has 1 saturated heterocycles. The number of piperazine rings is 1. The minimum atomic E-state index is -3.45. The van der Waals surface area contributed by atoms with Gasteiger partial charge < -0.3 is 14.4 Å². The number of carbonyl (C=O) groups excluding carboxylic acids is 1. The summed E-state index contributed by atoms with van der Waals surface area (Å²) in [6.07, 6.45) is 5.80. The summed E-state index contributed by atoms with van der Waals surface area (Å²) in [4.78, 5) is 21.4. The van der Waals surface area contributed by atoms with E-state index in [9.17, 15) is 13.2 Å². The van der Waals surface area contributed by atoms with E-state index in [0.29, 0.717) is 11.5 Å². The van der Waals surface area contributed by atoms with Gasteiger partial charge in [0.2, 0.25) is 10.0 Å². The van der Waals surface area contributed by atoms with E-state index in [0.717, 1.165) is 62.5 Å². The standard InChI is InChI=1S/C33H39ClN4O5S/c1-33(2)14-13-24(29(20-33)23-5-7-25(34)8-6-23)22-37-15-17-38(18-16-37)26-9-11-28(32(39)42-3)30(19-26)43-27-10-12-31(35-21-27)36-44(4,40)41/h5-12,19,21H,13-18,20,22H2,1-4H3,(H,35,36). The zero-order valence-electron chi connectivity index (χ0n) is 25.6. The number of carbonyl (C=O) groups is 1. The molecule has 0 saturated carbocycles. The van der Waals surface area contributed by atoms with Crippen molar-refractivity contribution in [2.24, 2.45) is 5.41 Å². The van der Waals surface area contributed by atoms with Crippen LogP contribution in [0.1, 0.15) is 49.0 Å². The Morgan fingerprint density at radius 1 is 1.05 bits per heavy atom. The number of rotatable bonds is 9. The summed E-state index contributed by atoms with van der Waals surface area (Å²) in [6.45, 7) is 9.14. The quantitative estimate of drug-likeness (QED) is 0.266. The van der Waals surface area contributed by atoms with Gasteiger partial charge in [-0.25, -0.2) is 18.2 Å². The number of hydrogen-bond acceptors (Lipinski definition) is 8. The minimum Gasteiger partial charge on any atom is -0.465 e. The number of pyridine rings is 1. The van der Waals surface area contributed by atoms with Crippen LogP contribution >= 0.6 is 11.6 Å². The number of allylic oxidation sites excluding steroid dienone is 1. The molecule has 0 spiro atoms. The highest BCUT2D eigenvalue weighted by Crippen LogP contribution is 2.43. The summed E-state index contributed by atoms with van der Waals surface area (Å²) in [5, 5.41) is 0.756. The maximum atomic E-state index is 12.5. The molecular formula is C33H39ClN4O5S. The second kappa shape index (κ2) is 13.2. The molecule has 44 heavy (non-hydrogen) atoms. The van der Waals surface area contributed by atoms with Crippen molar-refractivity contribution in [1.29, 1.82) is 0 Å². The van der Waals surface area contributed by atoms with Crippen molar-refractivity contribution in [2.75, 3.05) is 55.7 Å². The number of halogens is 1. The predicted molar refractivity (Wildman–Crippen MR) is 175 cm³/mol. The molecule has 3 aromatic rings. The highest BCUT2D eigenvalue weighted by atomic mass is 35.5. The molecule has 0 radical (unpaired) electrons. The largest absolute Gasteiger partial charge is 0.465 e. The first-order valence-corrected chi connectivity index (χ1v) is 16.9. The van der Waals surface area contributed by atoms with Gasteiger partial charge in [-0.15, -0.1) is 0 Å². The summed E-state index contributed by atoms with van der Waals surface area (Å²) < 4.78 is 36.3. The molecule has 5 rings (SSSR count). The molecule has 0 bridgehead atoms. The lowest BCUT2D eigenvalue weighted by Crippen LogP contribution is -2.47. The summed E-state index contributed by atoms with van der Waals surface area (Å²) in [7, 11) is -2.13. The molecule has 234 valence electrons. The fourth-order valence-electron chi connectivity index (χ4n) is 5.79. The third-order valence-electron chi connectivity index (χ3n) is 8.15. The summed E-state index contributed by atoms with van der Waals surface area (Å²) >= 11 is 6.19. The molecule has 1 N–H and O–H groups in total. The molecule has 2 aliphatic rings. The van der Waals surface area contributed by atoms with Gasteiger partial charge in [-0.05, 0) is 72.2 Å². The van der Waals surface area contributed by atoms with E-state index in [-0.39, 0.29) is 16.8 Å². The second-order valence-electron chi connectivity index (χ2n) is 12.2. The van der Waals surface area contributed by atoms with Gasteiger partial charge in [-0.3, -0.25) is 9.62 Å². The number of methoxy groups -OCH3 is 1. The zero-order chi connectivity index (χ0) is 31.5. The van der Waals surface area contributed by atoms with E-state index < -0.39 is 16.0 Å². The lowest BCUT2D eigenvalue weighted by molar-refractivity contribution is 0.0598. The summed E-state index contributed by atoms with van der Waals surface area (Å²) in [5.74, 6) is 0.356. The Morgan fingerprint density at radius 2 is 1.77 bits per heavy atom. The Bertz CT molecular complexity index is 1630. The Kier molecular flexibility index (Phi) is 9.53. The number of anilines is 2. The minimum absolute atomic E-state index is 0.174. The maximum absolute atomic E-state index is 12.5. The van der Waals surface area contributed by atoms with Crippen LogP contribution in [0.25, 0.3) is 5.57 Å². The van der Waals surface area contributed by atoms with Gasteiger partial charge in [-0.2, -0.15) is 0 Å². The van der Waals surface area contributed by atoms with Crippen LogP contribution in [0, 0.1) is 5.41 Å². The van der Waals surface area contributed by atoms with Crippen molar-refractivity contribution in [2.45, 2.75) is 33.1 Å². The first-order valence-electron chi connectivity index (χ1n) is 14.7. The van der Waals surface area contributed by atoms with Crippen molar-refractivity contribution in [3.05, 3.63) is 82.5 Å². The molecule has 0 atom stereocenters. The van der Waals surface area contributed by atoms with Gasteiger partial charge in [-0.1, -0.05) is 43.2 Å². The fourth-order valence-corrected chi connectivity index (χ4v) is 6.41. The third kappa shape index (κ3) is 8.11. The van der Waals surface area contributed by atoms with Gasteiger partial charge in [0.05, 0.1) is 19.6 Å². The van der Waals surface area contributed by atoms with E-state index in [4.69, 9.17) is 21.1 Å². The van der Waals surface area contributed by atoms with Gasteiger partial charge in [0.1, 0.15) is 22.9 Å². The molecule has 1 fully saturated rings. The van der Waals surface area contributed by atoms with Crippen LogP contribution in [0.5, 0.6) is 11.5 Å². The van der Waals surface area contributed by atoms with Crippen molar-refractivity contribution in [1.82, 2.24) is 9.88 Å². The van der Waals surface area contributed by atoms with E-state index in [2.05, 4.69) is 45.5 Å². The average Bonchev–Trinajstić information content (AvgIpc) is 2.98. The monoisotopic (exact) mass is 638 g/mol. The number of ether oxygens (including phenoxy) is 2. The predicted octanol–water partition coefficient (Wildman–Crippen LogP) is 6.47. The molecule has 0 unspecified atom stereocenters.